The standard InChI is InChI=1S/C18H17N3O2S/c1-3-12-4-6-13(7-5-12)17(23)21-18-20-15-9-8-14(19-11(2)22)10-16(15)24-18/h4-10H,3H2,1-2H3,(H,19,22)(H,20,21,23). The van der Waals surface area contributed by atoms with Crippen molar-refractivity contribution in [3.05, 3.63) is 53.6 Å². The van der Waals surface area contributed by atoms with Crippen molar-refractivity contribution < 1.29 is 9.59 Å². The van der Waals surface area contributed by atoms with E-state index in [4.69, 9.17) is 0 Å². The van der Waals surface area contributed by atoms with Crippen molar-refractivity contribution in [1.29, 1.82) is 0 Å². The normalized spacial score (nSPS) is 10.6. The smallest absolute Gasteiger partial charge is 0.257 e. The van der Waals surface area contributed by atoms with Crippen molar-refractivity contribution in [2.75, 3.05) is 10.6 Å². The number of nitrogens with zero attached hydrogens (tertiary/aromatic N) is 1. The van der Waals surface area contributed by atoms with Crippen molar-refractivity contribution in [3.8, 4) is 0 Å². The average molecular weight is 339 g/mol. The minimum Gasteiger partial charge on any atom is -0.326 e. The Morgan fingerprint density at radius 2 is 1.83 bits per heavy atom. The van der Waals surface area contributed by atoms with Crippen molar-refractivity contribution in [3.63, 3.8) is 0 Å². The van der Waals surface area contributed by atoms with E-state index in [0.717, 1.165) is 16.6 Å². The van der Waals surface area contributed by atoms with Crippen molar-refractivity contribution in [2.24, 2.45) is 0 Å². The maximum absolute atomic E-state index is 12.3. The van der Waals surface area contributed by atoms with Crippen LogP contribution in [0.2, 0.25) is 0 Å². The van der Waals surface area contributed by atoms with E-state index >= 15 is 0 Å². The quantitative estimate of drug-likeness (QED) is 0.753. The summed E-state index contributed by atoms with van der Waals surface area (Å²) in [6.07, 6.45) is 0.941. The molecule has 122 valence electrons. The zero-order valence-electron chi connectivity index (χ0n) is 13.4. The third-order valence-electron chi connectivity index (χ3n) is 3.55. The van der Waals surface area contributed by atoms with Gasteiger partial charge >= 0.3 is 0 Å². The SMILES string of the molecule is CCc1ccc(C(=O)Nc2nc3ccc(NC(C)=O)cc3s2)cc1. The number of benzene rings is 2. The van der Waals surface area contributed by atoms with Gasteiger partial charge in [-0.25, -0.2) is 4.98 Å². The number of hydrogen-bond donors (Lipinski definition) is 2. The van der Waals surface area contributed by atoms with Gasteiger partial charge in [0, 0.05) is 18.2 Å². The number of aryl methyl sites for hydroxylation is 1. The molecule has 0 aliphatic heterocycles. The number of amides is 2. The topological polar surface area (TPSA) is 71.1 Å². The first-order valence-corrected chi connectivity index (χ1v) is 8.45. The molecular weight excluding hydrogens is 322 g/mol. The van der Waals surface area contributed by atoms with Crippen LogP contribution in [0.5, 0.6) is 0 Å². The molecule has 0 aliphatic carbocycles. The fourth-order valence-electron chi connectivity index (χ4n) is 2.32. The molecule has 1 heterocycles. The van der Waals surface area contributed by atoms with Crippen LogP contribution in [0.1, 0.15) is 29.8 Å². The molecule has 2 amide bonds. The Hall–Kier alpha value is -2.73. The van der Waals surface area contributed by atoms with E-state index in [2.05, 4.69) is 22.5 Å². The van der Waals surface area contributed by atoms with Gasteiger partial charge in [-0.2, -0.15) is 0 Å². The van der Waals surface area contributed by atoms with E-state index in [1.807, 2.05) is 36.4 Å². The molecule has 1 aromatic heterocycles. The maximum Gasteiger partial charge on any atom is 0.257 e. The predicted molar refractivity (Wildman–Crippen MR) is 97.7 cm³/mol. The van der Waals surface area contributed by atoms with E-state index in [0.29, 0.717) is 16.4 Å². The van der Waals surface area contributed by atoms with Crippen LogP contribution in [0.25, 0.3) is 10.2 Å². The molecule has 2 aromatic carbocycles. The number of anilines is 2. The molecule has 0 fully saturated rings. The molecule has 0 saturated heterocycles. The first-order chi connectivity index (χ1) is 11.5. The van der Waals surface area contributed by atoms with Gasteiger partial charge < -0.3 is 5.32 Å². The van der Waals surface area contributed by atoms with Crippen LogP contribution in [0.3, 0.4) is 0 Å². The number of fused-ring (bicyclic) bond motifs is 1. The van der Waals surface area contributed by atoms with Gasteiger partial charge in [0.1, 0.15) is 0 Å². The van der Waals surface area contributed by atoms with Crippen LogP contribution in [-0.2, 0) is 11.2 Å². The second-order valence-electron chi connectivity index (χ2n) is 5.39. The molecule has 5 nitrogen and oxygen atoms in total. The van der Waals surface area contributed by atoms with Gasteiger partial charge in [0.25, 0.3) is 5.91 Å². The van der Waals surface area contributed by atoms with Gasteiger partial charge in [-0.1, -0.05) is 30.4 Å². The monoisotopic (exact) mass is 339 g/mol. The molecule has 0 saturated carbocycles. The molecule has 2 N–H and O–H groups in total. The lowest BCUT2D eigenvalue weighted by Gasteiger charge is -2.02. The summed E-state index contributed by atoms with van der Waals surface area (Å²) in [6, 6.07) is 13.0. The number of aromatic nitrogens is 1. The summed E-state index contributed by atoms with van der Waals surface area (Å²) in [7, 11) is 0. The van der Waals surface area contributed by atoms with E-state index in [1.54, 1.807) is 6.07 Å². The van der Waals surface area contributed by atoms with Crippen molar-refractivity contribution in [2.45, 2.75) is 20.3 Å². The summed E-state index contributed by atoms with van der Waals surface area (Å²) in [6.45, 7) is 3.54. The average Bonchev–Trinajstić information content (AvgIpc) is 2.95. The van der Waals surface area contributed by atoms with Crippen molar-refractivity contribution >= 4 is 44.2 Å². The molecule has 6 heteroatoms. The van der Waals surface area contributed by atoms with Crippen LogP contribution in [0, 0.1) is 0 Å². The highest BCUT2D eigenvalue weighted by Gasteiger charge is 2.10. The number of rotatable bonds is 4. The summed E-state index contributed by atoms with van der Waals surface area (Å²) >= 11 is 1.37. The Balaban J connectivity index is 1.78. The van der Waals surface area contributed by atoms with E-state index in [9.17, 15) is 9.59 Å². The summed E-state index contributed by atoms with van der Waals surface area (Å²) in [5, 5.41) is 6.10. The summed E-state index contributed by atoms with van der Waals surface area (Å²) in [5.74, 6) is -0.304. The lowest BCUT2D eigenvalue weighted by atomic mass is 10.1. The predicted octanol–water partition coefficient (Wildman–Crippen LogP) is 4.07. The van der Waals surface area contributed by atoms with Gasteiger partial charge in [-0.05, 0) is 42.3 Å². The van der Waals surface area contributed by atoms with Gasteiger partial charge in [-0.15, -0.1) is 0 Å². The summed E-state index contributed by atoms with van der Waals surface area (Å²) < 4.78 is 0.901. The zero-order chi connectivity index (χ0) is 17.1. The van der Waals surface area contributed by atoms with Gasteiger partial charge in [0.2, 0.25) is 5.91 Å². The number of hydrogen-bond acceptors (Lipinski definition) is 4. The van der Waals surface area contributed by atoms with Crippen LogP contribution >= 0.6 is 11.3 Å². The maximum atomic E-state index is 12.3. The molecule has 24 heavy (non-hydrogen) atoms. The Bertz CT molecular complexity index is 900. The fourth-order valence-corrected chi connectivity index (χ4v) is 3.22. The lowest BCUT2D eigenvalue weighted by Crippen LogP contribution is -2.11. The minimum absolute atomic E-state index is 0.122. The van der Waals surface area contributed by atoms with E-state index < -0.39 is 0 Å². The van der Waals surface area contributed by atoms with Gasteiger partial charge in [0.15, 0.2) is 5.13 Å². The number of carbonyl (C=O) groups is 2. The Morgan fingerprint density at radius 3 is 2.50 bits per heavy atom. The van der Waals surface area contributed by atoms with Crippen LogP contribution in [-0.4, -0.2) is 16.8 Å². The Kier molecular flexibility index (Phi) is 4.57. The summed E-state index contributed by atoms with van der Waals surface area (Å²) in [5.41, 5.74) is 3.29. The lowest BCUT2D eigenvalue weighted by molar-refractivity contribution is -0.114. The van der Waals surface area contributed by atoms with E-state index in [1.165, 1.54) is 23.8 Å². The highest BCUT2D eigenvalue weighted by molar-refractivity contribution is 7.22. The van der Waals surface area contributed by atoms with Crippen LogP contribution < -0.4 is 10.6 Å². The van der Waals surface area contributed by atoms with Gasteiger partial charge in [-0.3, -0.25) is 14.9 Å². The minimum atomic E-state index is -0.182. The van der Waals surface area contributed by atoms with E-state index in [-0.39, 0.29) is 11.8 Å². The highest BCUT2D eigenvalue weighted by Crippen LogP contribution is 2.28. The summed E-state index contributed by atoms with van der Waals surface area (Å²) in [4.78, 5) is 27.8. The third kappa shape index (κ3) is 3.60. The second-order valence-corrected chi connectivity index (χ2v) is 6.42. The largest absolute Gasteiger partial charge is 0.326 e. The molecular formula is C18H17N3O2S. The first-order valence-electron chi connectivity index (χ1n) is 7.63. The Morgan fingerprint density at radius 1 is 1.08 bits per heavy atom. The molecule has 0 radical (unpaired) electrons. The molecule has 3 aromatic rings. The molecule has 0 atom stereocenters. The van der Waals surface area contributed by atoms with Crippen LogP contribution in [0.15, 0.2) is 42.5 Å². The first kappa shape index (κ1) is 16.1. The molecule has 0 spiro atoms. The third-order valence-corrected chi connectivity index (χ3v) is 4.49. The molecule has 0 unspecified atom stereocenters. The molecule has 3 rings (SSSR count). The van der Waals surface area contributed by atoms with Crippen LogP contribution in [0.4, 0.5) is 10.8 Å². The Labute approximate surface area is 143 Å². The molecule has 0 bridgehead atoms. The fraction of sp³-hybridized carbons (Fsp3) is 0.167. The second kappa shape index (κ2) is 6.80. The number of carbonyl (C=O) groups excluding carboxylic acids is 2. The number of thiazole rings is 1. The molecule has 0 aliphatic rings. The van der Waals surface area contributed by atoms with Gasteiger partial charge in [0.05, 0.1) is 10.2 Å². The highest BCUT2D eigenvalue weighted by atomic mass is 32.1. The van der Waals surface area contributed by atoms with Crippen molar-refractivity contribution in [1.82, 2.24) is 4.98 Å². The zero-order valence-corrected chi connectivity index (χ0v) is 14.2. The number of nitrogens with one attached hydrogen (secondary N) is 2.